The fraction of sp³-hybridized carbons (Fsp3) is 0.400. The number of rotatable bonds is 4. The molecule has 16 heavy (non-hydrogen) atoms. The molecule has 2 aromatic heterocycles. The zero-order valence-electron chi connectivity index (χ0n) is 9.25. The molecule has 6 nitrogen and oxygen atoms in total. The average Bonchev–Trinajstić information content (AvgIpc) is 2.83. The van der Waals surface area contributed by atoms with Crippen molar-refractivity contribution in [3.8, 4) is 0 Å². The van der Waals surface area contributed by atoms with Gasteiger partial charge in [0.25, 0.3) is 0 Å². The van der Waals surface area contributed by atoms with Crippen LogP contribution in [-0.4, -0.2) is 25.6 Å². The Kier molecular flexibility index (Phi) is 3.21. The van der Waals surface area contributed by atoms with Crippen LogP contribution in [0.5, 0.6) is 0 Å². The van der Waals surface area contributed by atoms with Crippen LogP contribution < -0.4 is 5.32 Å². The molecule has 2 N–H and O–H groups in total. The summed E-state index contributed by atoms with van der Waals surface area (Å²) in [6.45, 7) is 4.07. The Bertz CT molecular complexity index is 412. The maximum atomic E-state index is 4.09. The van der Waals surface area contributed by atoms with Crippen molar-refractivity contribution < 1.29 is 0 Å². The molecule has 0 bridgehead atoms. The lowest BCUT2D eigenvalue weighted by molar-refractivity contribution is 0.476. The summed E-state index contributed by atoms with van der Waals surface area (Å²) < 4.78 is 0. The van der Waals surface area contributed by atoms with E-state index >= 15 is 0 Å². The number of hydrogen-bond acceptors (Lipinski definition) is 5. The van der Waals surface area contributed by atoms with Crippen LogP contribution in [0.25, 0.3) is 0 Å². The van der Waals surface area contributed by atoms with Crippen molar-refractivity contribution in [3.05, 3.63) is 35.9 Å². The van der Waals surface area contributed by atoms with Crippen molar-refractivity contribution in [1.82, 2.24) is 30.9 Å². The zero-order valence-corrected chi connectivity index (χ0v) is 9.25. The minimum atomic E-state index is 0.0500. The van der Waals surface area contributed by atoms with Gasteiger partial charge in [0.05, 0.1) is 6.04 Å². The van der Waals surface area contributed by atoms with Crippen molar-refractivity contribution in [3.63, 3.8) is 0 Å². The topological polar surface area (TPSA) is 79.4 Å². The second-order valence-electron chi connectivity index (χ2n) is 3.67. The van der Waals surface area contributed by atoms with E-state index in [1.807, 2.05) is 25.3 Å². The Morgan fingerprint density at radius 3 is 2.81 bits per heavy atom. The van der Waals surface area contributed by atoms with Crippen molar-refractivity contribution >= 4 is 0 Å². The summed E-state index contributed by atoms with van der Waals surface area (Å²) in [5.74, 6) is 0.663. The Hall–Kier alpha value is -1.82. The first kappa shape index (κ1) is 10.7. The monoisotopic (exact) mass is 218 g/mol. The van der Waals surface area contributed by atoms with E-state index in [1.54, 1.807) is 6.20 Å². The molecule has 2 aromatic rings. The lowest BCUT2D eigenvalue weighted by atomic mass is 10.1. The predicted octanol–water partition coefficient (Wildman–Crippen LogP) is 1.01. The summed E-state index contributed by atoms with van der Waals surface area (Å²) >= 11 is 0. The summed E-state index contributed by atoms with van der Waals surface area (Å²) in [5, 5.41) is 17.2. The van der Waals surface area contributed by atoms with E-state index in [2.05, 4.69) is 37.8 Å². The fourth-order valence-corrected chi connectivity index (χ4v) is 1.53. The molecule has 0 aromatic carbocycles. The van der Waals surface area contributed by atoms with E-state index in [-0.39, 0.29) is 12.1 Å². The Morgan fingerprint density at radius 1 is 1.31 bits per heavy atom. The van der Waals surface area contributed by atoms with Crippen molar-refractivity contribution in [2.24, 2.45) is 0 Å². The molecule has 2 atom stereocenters. The fourth-order valence-electron chi connectivity index (χ4n) is 1.53. The standard InChI is InChI=1S/C10H14N6/c1-7(9-4-3-5-11-6-9)12-8(2)10-13-15-16-14-10/h3-8,12H,1-2H3,(H,13,14,15,16). The summed E-state index contributed by atoms with van der Waals surface area (Å²) in [6.07, 6.45) is 3.61. The molecule has 0 fully saturated rings. The summed E-state index contributed by atoms with van der Waals surface area (Å²) in [5.41, 5.74) is 1.14. The van der Waals surface area contributed by atoms with Crippen LogP contribution in [0.15, 0.2) is 24.5 Å². The minimum Gasteiger partial charge on any atom is -0.301 e. The number of H-pyrrole nitrogens is 1. The normalized spacial score (nSPS) is 14.6. The van der Waals surface area contributed by atoms with Gasteiger partial charge in [-0.3, -0.25) is 4.98 Å². The largest absolute Gasteiger partial charge is 0.301 e. The van der Waals surface area contributed by atoms with E-state index in [0.717, 1.165) is 5.56 Å². The van der Waals surface area contributed by atoms with Gasteiger partial charge >= 0.3 is 0 Å². The lowest BCUT2D eigenvalue weighted by Crippen LogP contribution is -2.23. The van der Waals surface area contributed by atoms with E-state index in [9.17, 15) is 0 Å². The number of tetrazole rings is 1. The van der Waals surface area contributed by atoms with Gasteiger partial charge in [0.15, 0.2) is 5.82 Å². The third-order valence-electron chi connectivity index (χ3n) is 2.43. The third kappa shape index (κ3) is 2.40. The highest BCUT2D eigenvalue weighted by Crippen LogP contribution is 2.15. The van der Waals surface area contributed by atoms with Crippen molar-refractivity contribution in [1.29, 1.82) is 0 Å². The molecule has 2 rings (SSSR count). The van der Waals surface area contributed by atoms with Crippen LogP contribution in [-0.2, 0) is 0 Å². The van der Waals surface area contributed by atoms with E-state index in [0.29, 0.717) is 5.82 Å². The van der Waals surface area contributed by atoms with Gasteiger partial charge in [-0.25, -0.2) is 0 Å². The number of nitrogens with zero attached hydrogens (tertiary/aromatic N) is 4. The number of hydrogen-bond donors (Lipinski definition) is 2. The highest BCUT2D eigenvalue weighted by molar-refractivity contribution is 5.13. The first-order chi connectivity index (χ1) is 7.77. The molecular formula is C10H14N6. The smallest absolute Gasteiger partial charge is 0.191 e. The van der Waals surface area contributed by atoms with Gasteiger partial charge in [0.1, 0.15) is 0 Å². The molecule has 0 saturated heterocycles. The van der Waals surface area contributed by atoms with E-state index in [1.165, 1.54) is 0 Å². The first-order valence-corrected chi connectivity index (χ1v) is 5.16. The van der Waals surface area contributed by atoms with Crippen molar-refractivity contribution in [2.75, 3.05) is 0 Å². The lowest BCUT2D eigenvalue weighted by Gasteiger charge is -2.17. The van der Waals surface area contributed by atoms with Gasteiger partial charge < -0.3 is 5.32 Å². The molecule has 0 spiro atoms. The van der Waals surface area contributed by atoms with Crippen LogP contribution in [0, 0.1) is 0 Å². The quantitative estimate of drug-likeness (QED) is 0.800. The molecule has 0 aliphatic carbocycles. The molecule has 0 amide bonds. The Labute approximate surface area is 93.5 Å². The Morgan fingerprint density at radius 2 is 2.19 bits per heavy atom. The molecule has 0 radical (unpaired) electrons. The third-order valence-corrected chi connectivity index (χ3v) is 2.43. The zero-order chi connectivity index (χ0) is 11.4. The maximum absolute atomic E-state index is 4.09. The summed E-state index contributed by atoms with van der Waals surface area (Å²) in [4.78, 5) is 4.09. The van der Waals surface area contributed by atoms with Crippen LogP contribution >= 0.6 is 0 Å². The van der Waals surface area contributed by atoms with Crippen LogP contribution in [0.2, 0.25) is 0 Å². The molecule has 0 aliphatic heterocycles. The molecule has 0 saturated carbocycles. The SMILES string of the molecule is CC(NC(C)c1nn[nH]n1)c1cccnc1. The van der Waals surface area contributed by atoms with Crippen molar-refractivity contribution in [2.45, 2.75) is 25.9 Å². The summed E-state index contributed by atoms with van der Waals surface area (Å²) in [7, 11) is 0. The average molecular weight is 218 g/mol. The van der Waals surface area contributed by atoms with Gasteiger partial charge in [0.2, 0.25) is 0 Å². The number of aromatic nitrogens is 5. The van der Waals surface area contributed by atoms with Crippen LogP contribution in [0.4, 0.5) is 0 Å². The van der Waals surface area contributed by atoms with Gasteiger partial charge in [-0.15, -0.1) is 10.2 Å². The van der Waals surface area contributed by atoms with Gasteiger partial charge in [-0.2, -0.15) is 5.21 Å². The first-order valence-electron chi connectivity index (χ1n) is 5.16. The number of nitrogens with one attached hydrogen (secondary N) is 2. The van der Waals surface area contributed by atoms with E-state index < -0.39 is 0 Å². The minimum absolute atomic E-state index is 0.0500. The number of pyridine rings is 1. The molecule has 6 heteroatoms. The molecular weight excluding hydrogens is 204 g/mol. The highest BCUT2D eigenvalue weighted by Gasteiger charge is 2.14. The summed E-state index contributed by atoms with van der Waals surface area (Å²) in [6, 6.07) is 4.20. The Balaban J connectivity index is 2.00. The second-order valence-corrected chi connectivity index (χ2v) is 3.67. The van der Waals surface area contributed by atoms with Gasteiger partial charge in [0, 0.05) is 18.4 Å². The van der Waals surface area contributed by atoms with Crippen LogP contribution in [0.3, 0.4) is 0 Å². The van der Waals surface area contributed by atoms with Gasteiger partial charge in [-0.1, -0.05) is 11.3 Å². The number of aromatic amines is 1. The maximum Gasteiger partial charge on any atom is 0.191 e. The molecule has 0 aliphatic rings. The van der Waals surface area contributed by atoms with Gasteiger partial charge in [-0.05, 0) is 25.5 Å². The van der Waals surface area contributed by atoms with Crippen LogP contribution in [0.1, 0.15) is 37.3 Å². The predicted molar refractivity (Wildman–Crippen MR) is 58.4 cm³/mol. The second kappa shape index (κ2) is 4.80. The van der Waals surface area contributed by atoms with E-state index in [4.69, 9.17) is 0 Å². The molecule has 84 valence electrons. The molecule has 2 unspecified atom stereocenters. The molecule has 2 heterocycles. The highest BCUT2D eigenvalue weighted by atomic mass is 15.5.